The van der Waals surface area contributed by atoms with E-state index in [2.05, 4.69) is 0 Å². The van der Waals surface area contributed by atoms with Crippen LogP contribution in [0, 0.1) is 5.82 Å². The van der Waals surface area contributed by atoms with Crippen molar-refractivity contribution in [3.63, 3.8) is 0 Å². The Bertz CT molecular complexity index is 466. The second-order valence-corrected chi connectivity index (χ2v) is 5.23. The van der Waals surface area contributed by atoms with Crippen LogP contribution in [-0.4, -0.2) is 5.11 Å². The van der Waals surface area contributed by atoms with Gasteiger partial charge in [0.2, 0.25) is 0 Å². The number of halogens is 2. The molecule has 2 rings (SSSR count). The van der Waals surface area contributed by atoms with Crippen molar-refractivity contribution in [1.82, 2.24) is 0 Å². The normalized spacial score (nSPS) is 12.7. The van der Waals surface area contributed by atoms with Gasteiger partial charge in [-0.2, -0.15) is 0 Å². The SMILES string of the molecule is OC(Cc1ccc(F)cc1)c1ccc(Cl)s1. The van der Waals surface area contributed by atoms with Gasteiger partial charge in [0.1, 0.15) is 5.82 Å². The van der Waals surface area contributed by atoms with Crippen LogP contribution in [-0.2, 0) is 6.42 Å². The number of hydrogen-bond acceptors (Lipinski definition) is 2. The van der Waals surface area contributed by atoms with Gasteiger partial charge in [0, 0.05) is 11.3 Å². The molecule has 0 aliphatic heterocycles. The van der Waals surface area contributed by atoms with Gasteiger partial charge in [-0.3, -0.25) is 0 Å². The summed E-state index contributed by atoms with van der Waals surface area (Å²) < 4.78 is 13.3. The van der Waals surface area contributed by atoms with E-state index in [1.165, 1.54) is 23.5 Å². The Labute approximate surface area is 102 Å². The fraction of sp³-hybridized carbons (Fsp3) is 0.167. The lowest BCUT2D eigenvalue weighted by atomic mass is 10.1. The summed E-state index contributed by atoms with van der Waals surface area (Å²) in [6.45, 7) is 0. The molecule has 1 unspecified atom stereocenters. The van der Waals surface area contributed by atoms with Crippen LogP contribution in [0.3, 0.4) is 0 Å². The molecule has 0 spiro atoms. The Hall–Kier alpha value is -0.900. The van der Waals surface area contributed by atoms with Crippen LogP contribution in [0.5, 0.6) is 0 Å². The minimum atomic E-state index is -0.581. The first-order valence-corrected chi connectivity index (χ1v) is 6.02. The maximum atomic E-state index is 12.7. The summed E-state index contributed by atoms with van der Waals surface area (Å²) in [6, 6.07) is 9.70. The number of hydrogen-bond donors (Lipinski definition) is 1. The molecule has 1 N–H and O–H groups in total. The van der Waals surface area contributed by atoms with Gasteiger partial charge >= 0.3 is 0 Å². The molecule has 0 bridgehead atoms. The molecule has 0 saturated heterocycles. The second kappa shape index (κ2) is 4.95. The van der Waals surface area contributed by atoms with Gasteiger partial charge in [0.05, 0.1) is 10.4 Å². The zero-order valence-electron chi connectivity index (χ0n) is 8.36. The molecule has 0 amide bonds. The molecule has 0 fully saturated rings. The first kappa shape index (κ1) is 11.6. The number of aliphatic hydroxyl groups is 1. The van der Waals surface area contributed by atoms with Crippen molar-refractivity contribution >= 4 is 22.9 Å². The molecule has 0 saturated carbocycles. The summed E-state index contributed by atoms with van der Waals surface area (Å²) >= 11 is 7.15. The minimum Gasteiger partial charge on any atom is -0.387 e. The van der Waals surface area contributed by atoms with E-state index in [4.69, 9.17) is 11.6 Å². The van der Waals surface area contributed by atoms with E-state index in [1.807, 2.05) is 0 Å². The lowest BCUT2D eigenvalue weighted by Gasteiger charge is -2.08. The highest BCUT2D eigenvalue weighted by atomic mass is 35.5. The summed E-state index contributed by atoms with van der Waals surface area (Å²) in [5, 5.41) is 9.91. The largest absolute Gasteiger partial charge is 0.387 e. The van der Waals surface area contributed by atoms with Crippen LogP contribution in [0.15, 0.2) is 36.4 Å². The third kappa shape index (κ3) is 2.82. The van der Waals surface area contributed by atoms with E-state index in [0.717, 1.165) is 10.4 Å². The summed E-state index contributed by atoms with van der Waals surface area (Å²) in [7, 11) is 0. The van der Waals surface area contributed by atoms with Crippen LogP contribution in [0.1, 0.15) is 16.5 Å². The third-order valence-electron chi connectivity index (χ3n) is 2.26. The monoisotopic (exact) mass is 256 g/mol. The van der Waals surface area contributed by atoms with Crippen molar-refractivity contribution in [2.75, 3.05) is 0 Å². The van der Waals surface area contributed by atoms with Crippen molar-refractivity contribution < 1.29 is 9.50 Å². The van der Waals surface area contributed by atoms with E-state index in [9.17, 15) is 9.50 Å². The Balaban J connectivity index is 2.07. The summed E-state index contributed by atoms with van der Waals surface area (Å²) in [5.74, 6) is -0.266. The van der Waals surface area contributed by atoms with Gasteiger partial charge in [-0.05, 0) is 29.8 Å². The predicted octanol–water partition coefficient (Wildman–Crippen LogP) is 3.82. The molecule has 84 valence electrons. The van der Waals surface area contributed by atoms with Crippen molar-refractivity contribution in [3.05, 3.63) is 57.0 Å². The molecule has 1 atom stereocenters. The van der Waals surface area contributed by atoms with Crippen LogP contribution in [0.2, 0.25) is 4.34 Å². The average Bonchev–Trinajstić information content (AvgIpc) is 2.68. The lowest BCUT2D eigenvalue weighted by Crippen LogP contribution is -1.99. The summed E-state index contributed by atoms with van der Waals surface area (Å²) in [6.07, 6.45) is -0.111. The molecule has 0 aliphatic rings. The maximum absolute atomic E-state index is 12.7. The molecule has 2 aromatic rings. The molecule has 4 heteroatoms. The van der Waals surface area contributed by atoms with Gasteiger partial charge in [-0.1, -0.05) is 23.7 Å². The Morgan fingerprint density at radius 1 is 1.19 bits per heavy atom. The van der Waals surface area contributed by atoms with E-state index >= 15 is 0 Å². The van der Waals surface area contributed by atoms with Crippen LogP contribution >= 0.6 is 22.9 Å². The van der Waals surface area contributed by atoms with E-state index in [-0.39, 0.29) is 5.82 Å². The first-order chi connectivity index (χ1) is 7.65. The predicted molar refractivity (Wildman–Crippen MR) is 64.4 cm³/mol. The Morgan fingerprint density at radius 2 is 1.88 bits per heavy atom. The fourth-order valence-corrected chi connectivity index (χ4v) is 2.50. The average molecular weight is 257 g/mol. The van der Waals surface area contributed by atoms with E-state index < -0.39 is 6.10 Å². The van der Waals surface area contributed by atoms with E-state index in [1.54, 1.807) is 24.3 Å². The van der Waals surface area contributed by atoms with Gasteiger partial charge in [-0.25, -0.2) is 4.39 Å². The highest BCUT2D eigenvalue weighted by Gasteiger charge is 2.10. The van der Waals surface area contributed by atoms with Crippen LogP contribution in [0.25, 0.3) is 0 Å². The van der Waals surface area contributed by atoms with Gasteiger partial charge in [-0.15, -0.1) is 11.3 Å². The third-order valence-corrected chi connectivity index (χ3v) is 3.60. The van der Waals surface area contributed by atoms with Crippen molar-refractivity contribution in [3.8, 4) is 0 Å². The fourth-order valence-electron chi connectivity index (χ4n) is 1.45. The summed E-state index contributed by atoms with van der Waals surface area (Å²) in [4.78, 5) is 0.828. The molecule has 0 aliphatic carbocycles. The molecule has 1 aromatic carbocycles. The topological polar surface area (TPSA) is 20.2 Å². The summed E-state index contributed by atoms with van der Waals surface area (Å²) in [5.41, 5.74) is 0.901. The number of rotatable bonds is 3. The van der Waals surface area contributed by atoms with E-state index in [0.29, 0.717) is 10.8 Å². The van der Waals surface area contributed by atoms with Gasteiger partial charge in [0.15, 0.2) is 0 Å². The van der Waals surface area contributed by atoms with Crippen LogP contribution in [0.4, 0.5) is 4.39 Å². The molecular formula is C12H10ClFOS. The minimum absolute atomic E-state index is 0.266. The molecule has 1 heterocycles. The number of thiophene rings is 1. The number of aliphatic hydroxyl groups excluding tert-OH is 1. The zero-order valence-corrected chi connectivity index (χ0v) is 9.93. The van der Waals surface area contributed by atoms with Gasteiger partial charge in [0.25, 0.3) is 0 Å². The zero-order chi connectivity index (χ0) is 11.5. The molecule has 1 nitrogen and oxygen atoms in total. The maximum Gasteiger partial charge on any atom is 0.123 e. The lowest BCUT2D eigenvalue weighted by molar-refractivity contribution is 0.182. The number of benzene rings is 1. The molecule has 16 heavy (non-hydrogen) atoms. The van der Waals surface area contributed by atoms with Crippen molar-refractivity contribution in [2.45, 2.75) is 12.5 Å². The van der Waals surface area contributed by atoms with Gasteiger partial charge < -0.3 is 5.11 Å². The van der Waals surface area contributed by atoms with Crippen LogP contribution < -0.4 is 0 Å². The smallest absolute Gasteiger partial charge is 0.123 e. The quantitative estimate of drug-likeness (QED) is 0.885. The molecular weight excluding hydrogens is 247 g/mol. The molecule has 0 radical (unpaired) electrons. The molecule has 1 aromatic heterocycles. The van der Waals surface area contributed by atoms with Crippen molar-refractivity contribution in [1.29, 1.82) is 0 Å². The Morgan fingerprint density at radius 3 is 2.44 bits per heavy atom. The highest BCUT2D eigenvalue weighted by molar-refractivity contribution is 7.16. The van der Waals surface area contributed by atoms with Crippen molar-refractivity contribution in [2.24, 2.45) is 0 Å². The Kier molecular flexibility index (Phi) is 3.59. The first-order valence-electron chi connectivity index (χ1n) is 4.83. The standard InChI is InChI=1S/C12H10ClFOS/c13-12-6-5-11(16-12)10(15)7-8-1-3-9(14)4-2-8/h1-6,10,15H,7H2. The second-order valence-electron chi connectivity index (χ2n) is 3.49. The highest BCUT2D eigenvalue weighted by Crippen LogP contribution is 2.28.